The number of aliphatic hydroxyl groups is 1. The van der Waals surface area contributed by atoms with E-state index < -0.39 is 11.4 Å². The van der Waals surface area contributed by atoms with Crippen LogP contribution in [0.3, 0.4) is 0 Å². The van der Waals surface area contributed by atoms with Gasteiger partial charge in [0.1, 0.15) is 0 Å². The number of benzene rings is 1. The van der Waals surface area contributed by atoms with Gasteiger partial charge in [0.05, 0.1) is 5.60 Å². The highest BCUT2D eigenvalue weighted by Gasteiger charge is 2.29. The molecule has 0 aliphatic heterocycles. The maximum atomic E-state index is 13.5. The number of hydrogen-bond acceptors (Lipinski definition) is 3. The van der Waals surface area contributed by atoms with Gasteiger partial charge < -0.3 is 15.2 Å². The minimum atomic E-state index is -0.809. The Morgan fingerprint density at radius 1 is 1.38 bits per heavy atom. The molecular weight excluding hydrogens is 341 g/mol. The number of carbonyl (C=O) groups is 1. The lowest BCUT2D eigenvalue weighted by molar-refractivity contribution is -0.124. The van der Waals surface area contributed by atoms with Gasteiger partial charge >= 0.3 is 0 Å². The molecule has 21 heavy (non-hydrogen) atoms. The van der Waals surface area contributed by atoms with Gasteiger partial charge in [0.2, 0.25) is 0 Å². The van der Waals surface area contributed by atoms with Crippen LogP contribution < -0.4 is 10.1 Å². The molecule has 1 aliphatic rings. The fourth-order valence-corrected chi connectivity index (χ4v) is 2.77. The van der Waals surface area contributed by atoms with E-state index in [1.165, 1.54) is 12.1 Å². The van der Waals surface area contributed by atoms with E-state index in [1.807, 2.05) is 0 Å². The monoisotopic (exact) mass is 359 g/mol. The van der Waals surface area contributed by atoms with E-state index in [1.54, 1.807) is 6.07 Å². The first-order valence-electron chi connectivity index (χ1n) is 7.05. The Hall–Kier alpha value is -1.14. The third-order valence-electron chi connectivity index (χ3n) is 3.65. The summed E-state index contributed by atoms with van der Waals surface area (Å²) in [5.74, 6) is -0.857. The Balaban J connectivity index is 1.77. The minimum Gasteiger partial charge on any atom is -0.481 e. The van der Waals surface area contributed by atoms with Crippen molar-refractivity contribution in [3.8, 4) is 5.75 Å². The number of nitrogens with one attached hydrogen (secondary N) is 1. The fourth-order valence-electron chi connectivity index (χ4n) is 2.44. The molecule has 0 saturated heterocycles. The summed E-state index contributed by atoms with van der Waals surface area (Å²) in [6, 6.07) is 4.38. The van der Waals surface area contributed by atoms with Gasteiger partial charge in [-0.15, -0.1) is 0 Å². The number of ether oxygens (including phenoxy) is 1. The summed E-state index contributed by atoms with van der Waals surface area (Å²) in [7, 11) is 0. The van der Waals surface area contributed by atoms with Gasteiger partial charge in [0.15, 0.2) is 18.2 Å². The number of rotatable bonds is 5. The summed E-state index contributed by atoms with van der Waals surface area (Å²) in [5, 5.41) is 12.9. The highest BCUT2D eigenvalue weighted by Crippen LogP contribution is 2.27. The lowest BCUT2D eigenvalue weighted by Gasteiger charge is -2.32. The van der Waals surface area contributed by atoms with E-state index in [-0.39, 0.29) is 24.8 Å². The number of amides is 1. The SMILES string of the molecule is O=C(COc1ccc(Br)cc1F)NCC1(O)CCCCC1. The van der Waals surface area contributed by atoms with Crippen molar-refractivity contribution in [1.29, 1.82) is 0 Å². The number of halogens is 2. The smallest absolute Gasteiger partial charge is 0.258 e. The van der Waals surface area contributed by atoms with Crippen molar-refractivity contribution >= 4 is 21.8 Å². The summed E-state index contributed by atoms with van der Waals surface area (Å²) in [5.41, 5.74) is -0.809. The van der Waals surface area contributed by atoms with Crippen LogP contribution in [0.2, 0.25) is 0 Å². The number of carbonyl (C=O) groups excluding carboxylic acids is 1. The summed E-state index contributed by atoms with van der Waals surface area (Å²) in [6.45, 7) is -0.0490. The Morgan fingerprint density at radius 3 is 2.76 bits per heavy atom. The molecular formula is C15H19BrFNO3. The molecule has 1 saturated carbocycles. The standard InChI is InChI=1S/C15H19BrFNO3/c16-11-4-5-13(12(17)8-11)21-9-14(19)18-10-15(20)6-2-1-3-7-15/h4-5,8,20H,1-3,6-7,9-10H2,(H,18,19). The van der Waals surface area contributed by atoms with Crippen molar-refractivity contribution in [1.82, 2.24) is 5.32 Å². The van der Waals surface area contributed by atoms with Crippen LogP contribution in [0.15, 0.2) is 22.7 Å². The highest BCUT2D eigenvalue weighted by atomic mass is 79.9. The van der Waals surface area contributed by atoms with Gasteiger partial charge in [-0.1, -0.05) is 35.2 Å². The first kappa shape index (κ1) is 16.2. The largest absolute Gasteiger partial charge is 0.481 e. The molecule has 6 heteroatoms. The maximum Gasteiger partial charge on any atom is 0.258 e. The molecule has 0 heterocycles. The van der Waals surface area contributed by atoms with Gasteiger partial charge in [0.25, 0.3) is 5.91 Å². The van der Waals surface area contributed by atoms with E-state index in [4.69, 9.17) is 4.74 Å². The predicted octanol–water partition coefficient (Wildman–Crippen LogP) is 2.78. The summed E-state index contributed by atoms with van der Waals surface area (Å²) in [4.78, 5) is 11.7. The molecule has 0 atom stereocenters. The van der Waals surface area contributed by atoms with Gasteiger partial charge in [-0.25, -0.2) is 4.39 Å². The summed E-state index contributed by atoms with van der Waals surface area (Å²) in [6.07, 6.45) is 4.49. The zero-order chi connectivity index (χ0) is 15.3. The Bertz CT molecular complexity index is 504. The first-order valence-corrected chi connectivity index (χ1v) is 7.85. The predicted molar refractivity (Wildman–Crippen MR) is 80.6 cm³/mol. The Morgan fingerprint density at radius 2 is 2.10 bits per heavy atom. The lowest BCUT2D eigenvalue weighted by Crippen LogP contribution is -2.45. The van der Waals surface area contributed by atoms with Crippen molar-refractivity contribution < 1.29 is 19.0 Å². The van der Waals surface area contributed by atoms with Gasteiger partial charge in [-0.3, -0.25) is 4.79 Å². The third-order valence-corrected chi connectivity index (χ3v) is 4.14. The van der Waals surface area contributed by atoms with Crippen LogP contribution in [-0.4, -0.2) is 29.8 Å². The van der Waals surface area contributed by atoms with E-state index in [2.05, 4.69) is 21.2 Å². The molecule has 2 rings (SSSR count). The Kier molecular flexibility index (Phi) is 5.58. The van der Waals surface area contributed by atoms with E-state index >= 15 is 0 Å². The average molecular weight is 360 g/mol. The van der Waals surface area contributed by atoms with E-state index in [0.29, 0.717) is 17.3 Å². The normalized spacial score (nSPS) is 17.3. The Labute approximate surface area is 131 Å². The van der Waals surface area contributed by atoms with Crippen molar-refractivity contribution in [3.05, 3.63) is 28.5 Å². The molecule has 0 bridgehead atoms. The molecule has 1 aliphatic carbocycles. The molecule has 116 valence electrons. The van der Waals surface area contributed by atoms with Crippen LogP contribution in [0.25, 0.3) is 0 Å². The zero-order valence-electron chi connectivity index (χ0n) is 11.7. The molecule has 0 spiro atoms. The molecule has 0 aromatic heterocycles. The van der Waals surface area contributed by atoms with Crippen LogP contribution in [-0.2, 0) is 4.79 Å². The highest BCUT2D eigenvalue weighted by molar-refractivity contribution is 9.10. The second-order valence-electron chi connectivity index (χ2n) is 5.43. The average Bonchev–Trinajstić information content (AvgIpc) is 2.45. The second kappa shape index (κ2) is 7.22. The van der Waals surface area contributed by atoms with Gasteiger partial charge in [-0.2, -0.15) is 0 Å². The summed E-state index contributed by atoms with van der Waals surface area (Å²) >= 11 is 3.15. The first-order chi connectivity index (χ1) is 9.98. The second-order valence-corrected chi connectivity index (χ2v) is 6.34. The third kappa shape index (κ3) is 4.97. The molecule has 1 aromatic carbocycles. The van der Waals surface area contributed by atoms with Gasteiger partial charge in [0, 0.05) is 11.0 Å². The molecule has 1 fully saturated rings. The van der Waals surface area contributed by atoms with Crippen LogP contribution in [0.5, 0.6) is 5.75 Å². The zero-order valence-corrected chi connectivity index (χ0v) is 13.3. The molecule has 1 amide bonds. The molecule has 0 unspecified atom stereocenters. The minimum absolute atomic E-state index is 0.0322. The number of hydrogen-bond donors (Lipinski definition) is 2. The van der Waals surface area contributed by atoms with Crippen LogP contribution in [0.1, 0.15) is 32.1 Å². The molecule has 4 nitrogen and oxygen atoms in total. The molecule has 2 N–H and O–H groups in total. The fraction of sp³-hybridized carbons (Fsp3) is 0.533. The van der Waals surface area contributed by atoms with Crippen molar-refractivity contribution in [2.24, 2.45) is 0 Å². The molecule has 0 radical (unpaired) electrons. The summed E-state index contributed by atoms with van der Waals surface area (Å²) < 4.78 is 19.3. The quantitative estimate of drug-likeness (QED) is 0.849. The van der Waals surface area contributed by atoms with E-state index in [9.17, 15) is 14.3 Å². The van der Waals surface area contributed by atoms with Crippen molar-refractivity contribution in [2.45, 2.75) is 37.7 Å². The van der Waals surface area contributed by atoms with Crippen molar-refractivity contribution in [3.63, 3.8) is 0 Å². The van der Waals surface area contributed by atoms with E-state index in [0.717, 1.165) is 19.3 Å². The molecule has 1 aromatic rings. The van der Waals surface area contributed by atoms with Crippen molar-refractivity contribution in [2.75, 3.05) is 13.2 Å². The topological polar surface area (TPSA) is 58.6 Å². The lowest BCUT2D eigenvalue weighted by atomic mass is 9.85. The van der Waals surface area contributed by atoms with Crippen LogP contribution in [0.4, 0.5) is 4.39 Å². The van der Waals surface area contributed by atoms with Crippen LogP contribution in [0, 0.1) is 5.82 Å². The van der Waals surface area contributed by atoms with Crippen LogP contribution >= 0.6 is 15.9 Å². The van der Waals surface area contributed by atoms with Gasteiger partial charge in [-0.05, 0) is 31.0 Å². The maximum absolute atomic E-state index is 13.5.